The number of carbonyl (C=O) groups is 1. The summed E-state index contributed by atoms with van der Waals surface area (Å²) in [5.74, 6) is -0.929. The number of carboxylic acid groups (broad SMARTS) is 1. The van der Waals surface area contributed by atoms with Crippen molar-refractivity contribution in [1.29, 1.82) is 5.26 Å². The lowest BCUT2D eigenvalue weighted by Gasteiger charge is -2.07. The van der Waals surface area contributed by atoms with Crippen molar-refractivity contribution < 1.29 is 9.90 Å². The lowest BCUT2D eigenvalue weighted by Crippen LogP contribution is -2.08. The van der Waals surface area contributed by atoms with Gasteiger partial charge >= 0.3 is 5.97 Å². The normalized spacial score (nSPS) is 11.9. The van der Waals surface area contributed by atoms with Crippen LogP contribution in [0.1, 0.15) is 47.6 Å². The van der Waals surface area contributed by atoms with E-state index in [4.69, 9.17) is 5.26 Å². The van der Waals surface area contributed by atoms with Gasteiger partial charge in [0.1, 0.15) is 5.56 Å². The van der Waals surface area contributed by atoms with Gasteiger partial charge in [0.15, 0.2) is 0 Å². The van der Waals surface area contributed by atoms with Gasteiger partial charge in [-0.05, 0) is 36.9 Å². The minimum Gasteiger partial charge on any atom is -0.478 e. The fourth-order valence-electron chi connectivity index (χ4n) is 2.61. The molecule has 1 atom stereocenters. The third-order valence-corrected chi connectivity index (χ3v) is 4.85. The van der Waals surface area contributed by atoms with Crippen LogP contribution in [-0.4, -0.2) is 32.4 Å². The zero-order valence-corrected chi connectivity index (χ0v) is 14.9. The maximum atomic E-state index is 11.8. The first-order chi connectivity index (χ1) is 11.5. The summed E-state index contributed by atoms with van der Waals surface area (Å²) < 4.78 is 1.72. The zero-order chi connectivity index (χ0) is 17.7. The number of aromatic nitrogens is 2. The molecule has 0 spiro atoms. The van der Waals surface area contributed by atoms with E-state index in [2.05, 4.69) is 18.1 Å². The number of nitriles is 1. The van der Waals surface area contributed by atoms with Gasteiger partial charge in [-0.1, -0.05) is 20.3 Å². The van der Waals surface area contributed by atoms with Crippen molar-refractivity contribution in [2.45, 2.75) is 38.4 Å². The number of thioether (sulfide) groups is 1. The first kappa shape index (κ1) is 18.1. The molecular formula is C18H21N3O2S. The van der Waals surface area contributed by atoms with Crippen LogP contribution in [-0.2, 0) is 12.8 Å². The van der Waals surface area contributed by atoms with Crippen LogP contribution in [0.2, 0.25) is 0 Å². The molecule has 1 heterocycles. The van der Waals surface area contributed by atoms with Gasteiger partial charge in [-0.25, -0.2) is 9.48 Å². The zero-order valence-electron chi connectivity index (χ0n) is 14.1. The van der Waals surface area contributed by atoms with Crippen LogP contribution in [0.4, 0.5) is 0 Å². The Morgan fingerprint density at radius 3 is 2.58 bits per heavy atom. The summed E-state index contributed by atoms with van der Waals surface area (Å²) in [6.45, 7) is 4.09. The molecule has 1 aromatic carbocycles. The van der Waals surface area contributed by atoms with E-state index in [-0.39, 0.29) is 0 Å². The molecule has 24 heavy (non-hydrogen) atoms. The maximum Gasteiger partial charge on any atom is 0.339 e. The quantitative estimate of drug-likeness (QED) is 0.829. The lowest BCUT2D eigenvalue weighted by atomic mass is 10.1. The van der Waals surface area contributed by atoms with Crippen molar-refractivity contribution >= 4 is 17.7 Å². The summed E-state index contributed by atoms with van der Waals surface area (Å²) in [4.78, 5) is 11.8. The van der Waals surface area contributed by atoms with Crippen molar-refractivity contribution in [2.75, 3.05) is 6.26 Å². The molecule has 0 amide bonds. The predicted octanol–water partition coefficient (Wildman–Crippen LogP) is 3.69. The van der Waals surface area contributed by atoms with Crippen LogP contribution in [0.15, 0.2) is 24.3 Å². The summed E-state index contributed by atoms with van der Waals surface area (Å²) in [5.41, 5.74) is 3.01. The van der Waals surface area contributed by atoms with Crippen LogP contribution >= 0.6 is 11.8 Å². The minimum atomic E-state index is -0.929. The topological polar surface area (TPSA) is 78.9 Å². The van der Waals surface area contributed by atoms with Gasteiger partial charge in [0, 0.05) is 11.7 Å². The highest BCUT2D eigenvalue weighted by Crippen LogP contribution is 2.24. The van der Waals surface area contributed by atoms with Gasteiger partial charge in [0.25, 0.3) is 0 Å². The third kappa shape index (κ3) is 3.80. The average molecular weight is 343 g/mol. The summed E-state index contributed by atoms with van der Waals surface area (Å²) in [7, 11) is 0. The van der Waals surface area contributed by atoms with Crippen LogP contribution in [0.3, 0.4) is 0 Å². The number of carboxylic acids is 1. The SMILES string of the molecule is CCCc1c(C(=O)O)c(CC(C)SC)nn1-c1ccc(C#N)cc1. The third-order valence-electron chi connectivity index (χ3n) is 3.88. The fourth-order valence-corrected chi connectivity index (χ4v) is 2.93. The smallest absolute Gasteiger partial charge is 0.339 e. The molecule has 0 aliphatic carbocycles. The molecule has 0 fully saturated rings. The summed E-state index contributed by atoms with van der Waals surface area (Å²) in [5, 5.41) is 23.5. The maximum absolute atomic E-state index is 11.8. The second-order valence-electron chi connectivity index (χ2n) is 5.64. The Morgan fingerprint density at radius 2 is 2.08 bits per heavy atom. The van der Waals surface area contributed by atoms with Gasteiger partial charge in [0.2, 0.25) is 0 Å². The number of nitrogens with zero attached hydrogens (tertiary/aromatic N) is 3. The molecule has 0 aliphatic heterocycles. The molecule has 2 rings (SSSR count). The van der Waals surface area contributed by atoms with Gasteiger partial charge in [0.05, 0.1) is 28.7 Å². The molecule has 1 N–H and O–H groups in total. The van der Waals surface area contributed by atoms with E-state index in [9.17, 15) is 9.90 Å². The first-order valence-corrected chi connectivity index (χ1v) is 9.18. The van der Waals surface area contributed by atoms with Crippen molar-refractivity contribution in [3.63, 3.8) is 0 Å². The number of benzene rings is 1. The highest BCUT2D eigenvalue weighted by atomic mass is 32.2. The Hall–Kier alpha value is -2.26. The van der Waals surface area contributed by atoms with Gasteiger partial charge < -0.3 is 5.11 Å². The highest BCUT2D eigenvalue weighted by molar-refractivity contribution is 7.99. The van der Waals surface area contributed by atoms with E-state index in [0.29, 0.717) is 34.9 Å². The van der Waals surface area contributed by atoms with Gasteiger partial charge in [-0.3, -0.25) is 0 Å². The van der Waals surface area contributed by atoms with E-state index in [0.717, 1.165) is 17.8 Å². The summed E-state index contributed by atoms with van der Waals surface area (Å²) in [6, 6.07) is 9.13. The fraction of sp³-hybridized carbons (Fsp3) is 0.389. The molecule has 0 saturated carbocycles. The Labute approximate surface area is 146 Å². The molecule has 2 aromatic rings. The molecule has 5 nitrogen and oxygen atoms in total. The lowest BCUT2D eigenvalue weighted by molar-refractivity contribution is 0.0694. The first-order valence-electron chi connectivity index (χ1n) is 7.89. The second kappa shape index (κ2) is 8.02. The molecule has 0 saturated heterocycles. The molecule has 126 valence electrons. The number of rotatable bonds is 7. The van der Waals surface area contributed by atoms with Crippen LogP contribution in [0.25, 0.3) is 5.69 Å². The summed E-state index contributed by atoms with van der Waals surface area (Å²) in [6.07, 6.45) is 4.10. The molecule has 0 bridgehead atoms. The van der Waals surface area contributed by atoms with E-state index in [1.165, 1.54) is 0 Å². The molecular weight excluding hydrogens is 322 g/mol. The Bertz CT molecular complexity index is 760. The largest absolute Gasteiger partial charge is 0.478 e. The van der Waals surface area contributed by atoms with Crippen molar-refractivity contribution in [2.24, 2.45) is 0 Å². The Kier molecular flexibility index (Phi) is 6.04. The van der Waals surface area contributed by atoms with E-state index >= 15 is 0 Å². The molecule has 0 radical (unpaired) electrons. The van der Waals surface area contributed by atoms with E-state index < -0.39 is 5.97 Å². The Morgan fingerprint density at radius 1 is 1.42 bits per heavy atom. The van der Waals surface area contributed by atoms with Crippen molar-refractivity contribution in [3.05, 3.63) is 46.8 Å². The second-order valence-corrected chi connectivity index (χ2v) is 6.92. The minimum absolute atomic E-state index is 0.293. The standard InChI is InChI=1S/C18H21N3O2S/c1-4-5-16-17(18(22)23)15(10-12(2)24-3)20-21(16)14-8-6-13(11-19)7-9-14/h6-9,12H,4-5,10H2,1-3H3,(H,22,23). The summed E-state index contributed by atoms with van der Waals surface area (Å²) >= 11 is 1.69. The average Bonchev–Trinajstić information content (AvgIpc) is 2.93. The molecule has 0 aliphatic rings. The Balaban J connectivity index is 2.58. The van der Waals surface area contributed by atoms with Gasteiger partial charge in [-0.15, -0.1) is 0 Å². The molecule has 1 unspecified atom stereocenters. The van der Waals surface area contributed by atoms with E-state index in [1.54, 1.807) is 40.7 Å². The van der Waals surface area contributed by atoms with Crippen LogP contribution in [0, 0.1) is 11.3 Å². The van der Waals surface area contributed by atoms with Crippen LogP contribution < -0.4 is 0 Å². The van der Waals surface area contributed by atoms with Gasteiger partial charge in [-0.2, -0.15) is 22.1 Å². The molecule has 6 heteroatoms. The van der Waals surface area contributed by atoms with Crippen molar-refractivity contribution in [1.82, 2.24) is 9.78 Å². The predicted molar refractivity (Wildman–Crippen MR) is 95.9 cm³/mol. The molecule has 1 aromatic heterocycles. The van der Waals surface area contributed by atoms with Crippen LogP contribution in [0.5, 0.6) is 0 Å². The van der Waals surface area contributed by atoms with E-state index in [1.807, 2.05) is 13.2 Å². The number of aromatic carboxylic acids is 1. The highest BCUT2D eigenvalue weighted by Gasteiger charge is 2.24. The monoisotopic (exact) mass is 343 g/mol. The number of hydrogen-bond acceptors (Lipinski definition) is 4. The number of hydrogen-bond donors (Lipinski definition) is 1. The van der Waals surface area contributed by atoms with Crippen molar-refractivity contribution in [3.8, 4) is 11.8 Å².